The normalized spacial score (nSPS) is 10.4. The first-order chi connectivity index (χ1) is 8.56. The Kier molecular flexibility index (Phi) is 4.27. The number of anilines is 1. The van der Waals surface area contributed by atoms with Gasteiger partial charge in [-0.2, -0.15) is 0 Å². The molecule has 0 atom stereocenters. The Hall–Kier alpha value is -1.03. The van der Waals surface area contributed by atoms with Crippen molar-refractivity contribution in [2.45, 2.75) is 13.5 Å². The van der Waals surface area contributed by atoms with Crippen LogP contribution in [0.1, 0.15) is 11.5 Å². The Labute approximate surface area is 120 Å². The second-order valence-electron chi connectivity index (χ2n) is 3.69. The maximum atomic E-state index is 6.06. The molecule has 0 aliphatic heterocycles. The van der Waals surface area contributed by atoms with Crippen molar-refractivity contribution in [3.8, 4) is 0 Å². The highest BCUT2D eigenvalue weighted by Crippen LogP contribution is 2.32. The van der Waals surface area contributed by atoms with Gasteiger partial charge in [0, 0.05) is 6.20 Å². The fourth-order valence-corrected chi connectivity index (χ4v) is 2.06. The topological polar surface area (TPSA) is 37.8 Å². The van der Waals surface area contributed by atoms with Gasteiger partial charge in [0.2, 0.25) is 0 Å². The second-order valence-corrected chi connectivity index (χ2v) is 4.92. The number of halogens is 3. The third kappa shape index (κ3) is 3.25. The smallest absolute Gasteiger partial charge is 0.125 e. The second kappa shape index (κ2) is 5.74. The monoisotopic (exact) mass is 301 g/mol. The molecular weight excluding hydrogens is 293 g/mol. The average molecular weight is 303 g/mol. The summed E-state index contributed by atoms with van der Waals surface area (Å²) in [6, 6.07) is 5.14. The maximum Gasteiger partial charge on any atom is 0.125 e. The summed E-state index contributed by atoms with van der Waals surface area (Å²) in [6.45, 7) is 2.39. The minimum Gasteiger partial charge on any atom is -0.378 e. The number of nitrogens with one attached hydrogen (secondary N) is 1. The SMILES string of the molecule is Cc1nccc(CNc2cc(Cl)c(Cl)cc2Cl)n1. The molecule has 0 unspecified atom stereocenters. The van der Waals surface area contributed by atoms with Gasteiger partial charge in [-0.1, -0.05) is 34.8 Å². The van der Waals surface area contributed by atoms with E-state index < -0.39 is 0 Å². The molecule has 0 amide bonds. The molecule has 18 heavy (non-hydrogen) atoms. The van der Waals surface area contributed by atoms with Crippen LogP contribution >= 0.6 is 34.8 Å². The lowest BCUT2D eigenvalue weighted by Crippen LogP contribution is -2.03. The first-order valence-electron chi connectivity index (χ1n) is 5.23. The van der Waals surface area contributed by atoms with Crippen LogP contribution in [0.15, 0.2) is 24.4 Å². The van der Waals surface area contributed by atoms with Gasteiger partial charge in [0.05, 0.1) is 33.0 Å². The number of hydrogen-bond acceptors (Lipinski definition) is 3. The van der Waals surface area contributed by atoms with Gasteiger partial charge in [-0.25, -0.2) is 9.97 Å². The summed E-state index contributed by atoms with van der Waals surface area (Å²) >= 11 is 17.9. The number of hydrogen-bond donors (Lipinski definition) is 1. The van der Waals surface area contributed by atoms with Crippen LogP contribution in [0.3, 0.4) is 0 Å². The zero-order chi connectivity index (χ0) is 13.1. The minimum absolute atomic E-state index is 0.435. The van der Waals surface area contributed by atoms with E-state index >= 15 is 0 Å². The molecule has 0 radical (unpaired) electrons. The van der Waals surface area contributed by atoms with Gasteiger partial charge in [-0.05, 0) is 25.1 Å². The van der Waals surface area contributed by atoms with Gasteiger partial charge >= 0.3 is 0 Å². The largest absolute Gasteiger partial charge is 0.378 e. The molecule has 1 aromatic carbocycles. The molecule has 0 aliphatic rings. The fraction of sp³-hybridized carbons (Fsp3) is 0.167. The van der Waals surface area contributed by atoms with Crippen LogP contribution in [0.25, 0.3) is 0 Å². The molecule has 2 aromatic rings. The summed E-state index contributed by atoms with van der Waals surface area (Å²) < 4.78 is 0. The van der Waals surface area contributed by atoms with Crippen LogP contribution in [0.4, 0.5) is 5.69 Å². The van der Waals surface area contributed by atoms with Crippen LogP contribution in [-0.4, -0.2) is 9.97 Å². The van der Waals surface area contributed by atoms with E-state index in [4.69, 9.17) is 34.8 Å². The molecule has 2 rings (SSSR count). The van der Waals surface area contributed by atoms with E-state index in [0.717, 1.165) is 17.2 Å². The predicted molar refractivity (Wildman–Crippen MR) is 75.6 cm³/mol. The molecule has 3 nitrogen and oxygen atoms in total. The summed E-state index contributed by atoms with van der Waals surface area (Å²) in [5.74, 6) is 0.731. The Morgan fingerprint density at radius 2 is 1.83 bits per heavy atom. The first-order valence-corrected chi connectivity index (χ1v) is 6.36. The fourth-order valence-electron chi connectivity index (χ4n) is 1.45. The van der Waals surface area contributed by atoms with E-state index in [-0.39, 0.29) is 0 Å². The lowest BCUT2D eigenvalue weighted by atomic mass is 10.3. The van der Waals surface area contributed by atoms with Crippen molar-refractivity contribution in [2.75, 3.05) is 5.32 Å². The molecule has 0 bridgehead atoms. The van der Waals surface area contributed by atoms with Crippen LogP contribution in [0.2, 0.25) is 15.1 Å². The van der Waals surface area contributed by atoms with Crippen molar-refractivity contribution in [2.24, 2.45) is 0 Å². The Morgan fingerprint density at radius 3 is 2.56 bits per heavy atom. The first kappa shape index (κ1) is 13.4. The van der Waals surface area contributed by atoms with Gasteiger partial charge in [-0.15, -0.1) is 0 Å². The lowest BCUT2D eigenvalue weighted by Gasteiger charge is -2.09. The van der Waals surface area contributed by atoms with Gasteiger partial charge in [0.15, 0.2) is 0 Å². The van der Waals surface area contributed by atoms with Crippen LogP contribution in [-0.2, 0) is 6.54 Å². The van der Waals surface area contributed by atoms with Crippen LogP contribution < -0.4 is 5.32 Å². The van der Waals surface area contributed by atoms with E-state index in [1.807, 2.05) is 13.0 Å². The molecule has 0 spiro atoms. The number of aromatic nitrogens is 2. The van der Waals surface area contributed by atoms with E-state index in [1.165, 1.54) is 0 Å². The van der Waals surface area contributed by atoms with Crippen molar-refractivity contribution in [1.29, 1.82) is 0 Å². The molecule has 1 N–H and O–H groups in total. The standard InChI is InChI=1S/C12H10Cl3N3/c1-7-16-3-2-8(18-7)6-17-12-5-10(14)9(13)4-11(12)15/h2-5,17H,6H2,1H3. The summed E-state index contributed by atoms with van der Waals surface area (Å²) in [5.41, 5.74) is 1.60. The highest BCUT2D eigenvalue weighted by Gasteiger charge is 2.06. The van der Waals surface area contributed by atoms with E-state index in [2.05, 4.69) is 15.3 Å². The molecular formula is C12H10Cl3N3. The van der Waals surface area contributed by atoms with Gasteiger partial charge in [-0.3, -0.25) is 0 Å². The van der Waals surface area contributed by atoms with Crippen molar-refractivity contribution < 1.29 is 0 Å². The number of nitrogens with zero attached hydrogens (tertiary/aromatic N) is 2. The highest BCUT2D eigenvalue weighted by atomic mass is 35.5. The van der Waals surface area contributed by atoms with Gasteiger partial charge in [0.25, 0.3) is 0 Å². The molecule has 0 saturated carbocycles. The number of rotatable bonds is 3. The quantitative estimate of drug-likeness (QED) is 0.856. The third-order valence-corrected chi connectivity index (χ3v) is 3.34. The van der Waals surface area contributed by atoms with E-state index in [0.29, 0.717) is 21.6 Å². The zero-order valence-electron chi connectivity index (χ0n) is 9.54. The van der Waals surface area contributed by atoms with Crippen LogP contribution in [0, 0.1) is 6.92 Å². The molecule has 0 fully saturated rings. The summed E-state index contributed by atoms with van der Waals surface area (Å²) in [5, 5.41) is 4.58. The van der Waals surface area contributed by atoms with Crippen molar-refractivity contribution in [3.63, 3.8) is 0 Å². The summed E-state index contributed by atoms with van der Waals surface area (Å²) in [7, 11) is 0. The maximum absolute atomic E-state index is 6.06. The number of benzene rings is 1. The Morgan fingerprint density at radius 1 is 1.11 bits per heavy atom. The highest BCUT2D eigenvalue weighted by molar-refractivity contribution is 6.44. The van der Waals surface area contributed by atoms with E-state index in [1.54, 1.807) is 18.3 Å². The molecule has 94 valence electrons. The molecule has 1 aromatic heterocycles. The Bertz CT molecular complexity index is 572. The third-order valence-electron chi connectivity index (χ3n) is 2.30. The molecule has 0 saturated heterocycles. The zero-order valence-corrected chi connectivity index (χ0v) is 11.8. The van der Waals surface area contributed by atoms with Crippen molar-refractivity contribution >= 4 is 40.5 Å². The molecule has 1 heterocycles. The van der Waals surface area contributed by atoms with Crippen LogP contribution in [0.5, 0.6) is 0 Å². The predicted octanol–water partition coefficient (Wildman–Crippen LogP) is 4.36. The summed E-state index contributed by atoms with van der Waals surface area (Å²) in [4.78, 5) is 8.32. The summed E-state index contributed by atoms with van der Waals surface area (Å²) in [6.07, 6.45) is 1.72. The molecule has 0 aliphatic carbocycles. The van der Waals surface area contributed by atoms with Gasteiger partial charge in [0.1, 0.15) is 5.82 Å². The number of aryl methyl sites for hydroxylation is 1. The lowest BCUT2D eigenvalue weighted by molar-refractivity contribution is 0.955. The Balaban J connectivity index is 2.13. The average Bonchev–Trinajstić information content (AvgIpc) is 2.32. The molecule has 6 heteroatoms. The van der Waals surface area contributed by atoms with Gasteiger partial charge < -0.3 is 5.32 Å². The van der Waals surface area contributed by atoms with E-state index in [9.17, 15) is 0 Å². The minimum atomic E-state index is 0.435. The van der Waals surface area contributed by atoms with Crippen molar-refractivity contribution in [3.05, 3.63) is 51.0 Å². The van der Waals surface area contributed by atoms with Crippen molar-refractivity contribution in [1.82, 2.24) is 9.97 Å².